The molecule has 0 bridgehead atoms. The van der Waals surface area contributed by atoms with Crippen LogP contribution in [0.25, 0.3) is 0 Å². The summed E-state index contributed by atoms with van der Waals surface area (Å²) in [5.74, 6) is -0.346. The number of amides is 3. The number of carbonyl (C=O) groups excluding carboxylic acids is 3. The number of allylic oxidation sites excluding steroid dienone is 3. The molecular formula is C17H19N3O3. The Bertz CT molecular complexity index is 698. The van der Waals surface area contributed by atoms with Gasteiger partial charge in [-0.3, -0.25) is 14.4 Å². The number of hydrogen-bond acceptors (Lipinski definition) is 3. The van der Waals surface area contributed by atoms with E-state index in [0.717, 1.165) is 11.3 Å². The highest BCUT2D eigenvalue weighted by Crippen LogP contribution is 2.31. The number of fused-ring (bicyclic) bond motifs is 1. The molecule has 23 heavy (non-hydrogen) atoms. The summed E-state index contributed by atoms with van der Waals surface area (Å²) in [6.07, 6.45) is 7.94. The van der Waals surface area contributed by atoms with Crippen LogP contribution in [-0.4, -0.2) is 29.5 Å². The lowest BCUT2D eigenvalue weighted by Gasteiger charge is -2.29. The molecule has 0 spiro atoms. The lowest BCUT2D eigenvalue weighted by molar-refractivity contribution is -0.123. The second-order valence-corrected chi connectivity index (χ2v) is 6.26. The monoisotopic (exact) mass is 313 g/mol. The predicted molar refractivity (Wildman–Crippen MR) is 85.4 cm³/mol. The fourth-order valence-electron chi connectivity index (χ4n) is 3.02. The van der Waals surface area contributed by atoms with E-state index in [1.54, 1.807) is 18.2 Å². The second-order valence-electron chi connectivity index (χ2n) is 6.26. The van der Waals surface area contributed by atoms with Crippen molar-refractivity contribution in [2.75, 3.05) is 0 Å². The van der Waals surface area contributed by atoms with E-state index in [1.807, 2.05) is 19.9 Å². The highest BCUT2D eigenvalue weighted by atomic mass is 16.2. The molecule has 3 aliphatic rings. The molecule has 2 atom stereocenters. The first-order valence-corrected chi connectivity index (χ1v) is 7.78. The zero-order valence-electron chi connectivity index (χ0n) is 13.1. The standard InChI is InChI=1S/C17H19N3O3/c1-9(2)12-8-16(22)20-14-7-10(3-4-11(12)14)18-17(23)13-5-6-15(21)19-13/h3-4,7-9,11,13H,5-6H2,1-2H3,(H,19,21)(H,20,22). The van der Waals surface area contributed by atoms with E-state index in [2.05, 4.69) is 15.6 Å². The summed E-state index contributed by atoms with van der Waals surface area (Å²) in [5, 5.41) is 5.43. The molecule has 120 valence electrons. The SMILES string of the molecule is CC(C)C1=CC(=O)NC2=CC(=NC(=O)C3CCC(=O)N3)C=CC21. The van der Waals surface area contributed by atoms with Crippen LogP contribution in [0.1, 0.15) is 26.7 Å². The molecule has 0 saturated carbocycles. The van der Waals surface area contributed by atoms with Crippen molar-refractivity contribution in [3.05, 3.63) is 35.6 Å². The topological polar surface area (TPSA) is 87.6 Å². The summed E-state index contributed by atoms with van der Waals surface area (Å²) >= 11 is 0. The van der Waals surface area contributed by atoms with Gasteiger partial charge in [0.15, 0.2) is 0 Å². The van der Waals surface area contributed by atoms with Crippen LogP contribution in [0.2, 0.25) is 0 Å². The Labute approximate surface area is 134 Å². The summed E-state index contributed by atoms with van der Waals surface area (Å²) in [6, 6.07) is -0.536. The normalized spacial score (nSPS) is 28.2. The molecule has 0 radical (unpaired) electrons. The Morgan fingerprint density at radius 1 is 1.30 bits per heavy atom. The van der Waals surface area contributed by atoms with E-state index in [-0.39, 0.29) is 29.6 Å². The Morgan fingerprint density at radius 3 is 2.74 bits per heavy atom. The van der Waals surface area contributed by atoms with Crippen molar-refractivity contribution >= 4 is 23.4 Å². The minimum atomic E-state index is -0.536. The Morgan fingerprint density at radius 2 is 2.09 bits per heavy atom. The summed E-state index contributed by atoms with van der Waals surface area (Å²) in [7, 11) is 0. The van der Waals surface area contributed by atoms with E-state index < -0.39 is 6.04 Å². The quantitative estimate of drug-likeness (QED) is 0.797. The van der Waals surface area contributed by atoms with Gasteiger partial charge in [-0.1, -0.05) is 19.9 Å². The van der Waals surface area contributed by atoms with Crippen molar-refractivity contribution in [3.8, 4) is 0 Å². The fourth-order valence-corrected chi connectivity index (χ4v) is 3.02. The van der Waals surface area contributed by atoms with Crippen LogP contribution < -0.4 is 10.6 Å². The van der Waals surface area contributed by atoms with Crippen molar-refractivity contribution in [3.63, 3.8) is 0 Å². The smallest absolute Gasteiger partial charge is 0.268 e. The summed E-state index contributed by atoms with van der Waals surface area (Å²) in [6.45, 7) is 4.09. The van der Waals surface area contributed by atoms with Crippen molar-refractivity contribution in [1.82, 2.24) is 10.6 Å². The molecule has 3 rings (SSSR count). The summed E-state index contributed by atoms with van der Waals surface area (Å²) in [4.78, 5) is 39.1. The maximum Gasteiger partial charge on any atom is 0.268 e. The zero-order chi connectivity index (χ0) is 16.6. The van der Waals surface area contributed by atoms with Crippen LogP contribution in [0.4, 0.5) is 0 Å². The van der Waals surface area contributed by atoms with E-state index >= 15 is 0 Å². The first-order chi connectivity index (χ1) is 10.9. The van der Waals surface area contributed by atoms with E-state index in [9.17, 15) is 14.4 Å². The number of aliphatic imine (C=N–C) groups is 1. The molecule has 3 amide bonds. The van der Waals surface area contributed by atoms with Gasteiger partial charge >= 0.3 is 0 Å². The molecular weight excluding hydrogens is 294 g/mol. The Kier molecular flexibility index (Phi) is 3.98. The van der Waals surface area contributed by atoms with Gasteiger partial charge in [-0.05, 0) is 30.1 Å². The predicted octanol–water partition coefficient (Wildman–Crippen LogP) is 1.01. The average molecular weight is 313 g/mol. The molecule has 1 aliphatic carbocycles. The maximum atomic E-state index is 12.1. The van der Waals surface area contributed by atoms with Crippen molar-refractivity contribution in [2.45, 2.75) is 32.7 Å². The van der Waals surface area contributed by atoms with Gasteiger partial charge in [0.25, 0.3) is 5.91 Å². The number of nitrogens with one attached hydrogen (secondary N) is 2. The molecule has 6 nitrogen and oxygen atoms in total. The van der Waals surface area contributed by atoms with Gasteiger partial charge in [-0.2, -0.15) is 0 Å². The highest BCUT2D eigenvalue weighted by Gasteiger charge is 2.29. The largest absolute Gasteiger partial charge is 0.344 e. The van der Waals surface area contributed by atoms with Gasteiger partial charge in [0.2, 0.25) is 11.8 Å². The van der Waals surface area contributed by atoms with E-state index in [4.69, 9.17) is 0 Å². The molecule has 2 heterocycles. The first kappa shape index (κ1) is 15.4. The fraction of sp³-hybridized carbons (Fsp3) is 0.412. The number of nitrogens with zero attached hydrogens (tertiary/aromatic N) is 1. The Balaban J connectivity index is 1.81. The van der Waals surface area contributed by atoms with Crippen LogP contribution in [0, 0.1) is 11.8 Å². The van der Waals surface area contributed by atoms with Gasteiger partial charge in [-0.15, -0.1) is 0 Å². The number of hydrogen-bond donors (Lipinski definition) is 2. The average Bonchev–Trinajstić information content (AvgIpc) is 2.92. The summed E-state index contributed by atoms with van der Waals surface area (Å²) < 4.78 is 0. The zero-order valence-corrected chi connectivity index (χ0v) is 13.1. The van der Waals surface area contributed by atoms with Gasteiger partial charge in [0.1, 0.15) is 6.04 Å². The number of carbonyl (C=O) groups is 3. The Hall–Kier alpha value is -2.50. The van der Waals surface area contributed by atoms with Crippen LogP contribution in [0.15, 0.2) is 40.6 Å². The lowest BCUT2D eigenvalue weighted by Crippen LogP contribution is -2.35. The molecule has 0 aromatic rings. The third-order valence-electron chi connectivity index (χ3n) is 4.22. The van der Waals surface area contributed by atoms with E-state index in [0.29, 0.717) is 18.6 Å². The van der Waals surface area contributed by atoms with E-state index in [1.165, 1.54) is 0 Å². The van der Waals surface area contributed by atoms with Crippen molar-refractivity contribution in [2.24, 2.45) is 16.8 Å². The second kappa shape index (κ2) is 5.95. The van der Waals surface area contributed by atoms with Crippen LogP contribution in [0.5, 0.6) is 0 Å². The molecule has 0 aromatic heterocycles. The van der Waals surface area contributed by atoms with Crippen LogP contribution >= 0.6 is 0 Å². The maximum absolute atomic E-state index is 12.1. The molecule has 2 N–H and O–H groups in total. The summed E-state index contributed by atoms with van der Waals surface area (Å²) in [5.41, 5.74) is 2.28. The molecule has 1 saturated heterocycles. The van der Waals surface area contributed by atoms with Crippen LogP contribution in [0.3, 0.4) is 0 Å². The van der Waals surface area contributed by atoms with Gasteiger partial charge in [-0.25, -0.2) is 4.99 Å². The lowest BCUT2D eigenvalue weighted by atomic mass is 9.82. The highest BCUT2D eigenvalue weighted by molar-refractivity contribution is 6.12. The molecule has 1 fully saturated rings. The minimum Gasteiger partial charge on any atom is -0.344 e. The minimum absolute atomic E-state index is 0.0212. The van der Waals surface area contributed by atoms with Gasteiger partial charge in [0, 0.05) is 24.1 Å². The first-order valence-electron chi connectivity index (χ1n) is 7.78. The van der Waals surface area contributed by atoms with Crippen LogP contribution in [-0.2, 0) is 14.4 Å². The molecule has 2 unspecified atom stereocenters. The van der Waals surface area contributed by atoms with Gasteiger partial charge < -0.3 is 10.6 Å². The van der Waals surface area contributed by atoms with Crippen molar-refractivity contribution in [1.29, 1.82) is 0 Å². The number of rotatable bonds is 2. The third-order valence-corrected chi connectivity index (χ3v) is 4.22. The molecule has 6 heteroatoms. The van der Waals surface area contributed by atoms with Gasteiger partial charge in [0.05, 0.1) is 5.71 Å². The third kappa shape index (κ3) is 3.16. The molecule has 2 aliphatic heterocycles. The molecule has 0 aromatic carbocycles. The van der Waals surface area contributed by atoms with Crippen molar-refractivity contribution < 1.29 is 14.4 Å².